The van der Waals surface area contributed by atoms with Gasteiger partial charge in [0.15, 0.2) is 11.9 Å². The van der Waals surface area contributed by atoms with Crippen molar-refractivity contribution < 1.29 is 32.5 Å². The molecule has 23 heavy (non-hydrogen) atoms. The number of aliphatic imine (C=N–C) groups is 2. The smallest absolute Gasteiger partial charge is 0.394 e. The zero-order chi connectivity index (χ0) is 17.2. The van der Waals surface area contributed by atoms with Crippen LogP contribution in [-0.4, -0.2) is 81.5 Å². The van der Waals surface area contributed by atoms with E-state index < -0.39 is 53.2 Å². The van der Waals surface area contributed by atoms with Gasteiger partial charge in [0.05, 0.1) is 13.0 Å². The van der Waals surface area contributed by atoms with E-state index in [1.54, 1.807) is 0 Å². The molecule has 0 aromatic carbocycles. The topological polar surface area (TPSA) is 216 Å². The fraction of sp³-hybridized carbons (Fsp3) is 0.778. The molecule has 3 aliphatic heterocycles. The molecule has 3 aliphatic rings. The van der Waals surface area contributed by atoms with Gasteiger partial charge in [-0.25, -0.2) is 14.2 Å². The van der Waals surface area contributed by atoms with Gasteiger partial charge in [0.2, 0.25) is 12.0 Å². The monoisotopic (exact) mass is 352 g/mol. The SMILES string of the molecule is NC1=N[C@H]2[C@H](CO)N=C(N)N3[C@@H](OS(=O)(=O)O)C(O)(O)C[C@]23N1. The molecule has 1 fully saturated rings. The Hall–Kier alpha value is -1.71. The standard InChI is InChI=1S/C9H16N6O7S/c10-6-13-4-3(1-16)12-7(11)15-5(22-23(19,20)21)9(17,18)2-8(4,15)14-6/h3-5,16-18H,1-2H2,(H2,11,12)(H3,10,13,14)(H,19,20,21)/t3-,4-,5-,8+/m0/s1. The molecular formula is C9H16N6O7S. The Kier molecular flexibility index (Phi) is 3.27. The number of hydrogen-bond donors (Lipinski definition) is 7. The van der Waals surface area contributed by atoms with Crippen LogP contribution in [0.4, 0.5) is 0 Å². The molecule has 9 N–H and O–H groups in total. The predicted molar refractivity (Wildman–Crippen MR) is 73.8 cm³/mol. The fourth-order valence-electron chi connectivity index (χ4n) is 3.33. The first-order valence-electron chi connectivity index (χ1n) is 6.45. The lowest BCUT2D eigenvalue weighted by Gasteiger charge is -2.45. The van der Waals surface area contributed by atoms with Crippen molar-refractivity contribution in [3.8, 4) is 0 Å². The summed E-state index contributed by atoms with van der Waals surface area (Å²) in [6.45, 7) is -0.451. The molecule has 0 radical (unpaired) electrons. The first-order valence-corrected chi connectivity index (χ1v) is 7.82. The highest BCUT2D eigenvalue weighted by Crippen LogP contribution is 2.46. The van der Waals surface area contributed by atoms with Gasteiger partial charge < -0.3 is 32.1 Å². The van der Waals surface area contributed by atoms with E-state index in [4.69, 9.17) is 16.0 Å². The van der Waals surface area contributed by atoms with Gasteiger partial charge in [0.25, 0.3) is 0 Å². The van der Waals surface area contributed by atoms with Crippen LogP contribution in [0.5, 0.6) is 0 Å². The quantitative estimate of drug-likeness (QED) is 0.189. The molecule has 4 atom stereocenters. The molecule has 3 heterocycles. The van der Waals surface area contributed by atoms with E-state index in [-0.39, 0.29) is 11.9 Å². The van der Waals surface area contributed by atoms with Crippen molar-refractivity contribution in [2.24, 2.45) is 21.5 Å². The maximum atomic E-state index is 11.0. The van der Waals surface area contributed by atoms with E-state index in [9.17, 15) is 23.7 Å². The van der Waals surface area contributed by atoms with Crippen molar-refractivity contribution in [2.45, 2.75) is 36.2 Å². The Labute approximate surface area is 130 Å². The lowest BCUT2D eigenvalue weighted by Crippen LogP contribution is -2.70. The summed E-state index contributed by atoms with van der Waals surface area (Å²) in [7, 11) is -5.04. The number of nitrogens with zero attached hydrogens (tertiary/aromatic N) is 3. The van der Waals surface area contributed by atoms with Gasteiger partial charge in [-0.2, -0.15) is 8.42 Å². The van der Waals surface area contributed by atoms with Gasteiger partial charge >= 0.3 is 10.4 Å². The lowest BCUT2D eigenvalue weighted by molar-refractivity contribution is -0.216. The van der Waals surface area contributed by atoms with E-state index in [1.807, 2.05) is 0 Å². The maximum Gasteiger partial charge on any atom is 0.399 e. The van der Waals surface area contributed by atoms with Crippen LogP contribution in [-0.2, 0) is 14.6 Å². The Morgan fingerprint density at radius 3 is 2.61 bits per heavy atom. The third-order valence-electron chi connectivity index (χ3n) is 4.01. The molecule has 1 saturated heterocycles. The van der Waals surface area contributed by atoms with Crippen molar-refractivity contribution in [1.29, 1.82) is 0 Å². The molecule has 130 valence electrons. The lowest BCUT2D eigenvalue weighted by atomic mass is 9.90. The van der Waals surface area contributed by atoms with Crippen LogP contribution in [0.3, 0.4) is 0 Å². The minimum atomic E-state index is -5.04. The summed E-state index contributed by atoms with van der Waals surface area (Å²) in [5.41, 5.74) is 9.93. The van der Waals surface area contributed by atoms with E-state index >= 15 is 0 Å². The molecule has 0 bridgehead atoms. The van der Waals surface area contributed by atoms with Crippen molar-refractivity contribution in [1.82, 2.24) is 10.2 Å². The Balaban J connectivity index is 2.12. The highest BCUT2D eigenvalue weighted by molar-refractivity contribution is 7.80. The Morgan fingerprint density at radius 2 is 2.04 bits per heavy atom. The van der Waals surface area contributed by atoms with E-state index in [2.05, 4.69) is 19.5 Å². The molecule has 0 aliphatic carbocycles. The second-order valence-corrected chi connectivity index (χ2v) is 6.60. The summed E-state index contributed by atoms with van der Waals surface area (Å²) in [5, 5.41) is 32.5. The molecule has 1 spiro atoms. The molecule has 0 aromatic rings. The number of guanidine groups is 2. The average molecular weight is 352 g/mol. The molecule has 0 aromatic heterocycles. The number of aliphatic hydroxyl groups is 3. The molecular weight excluding hydrogens is 336 g/mol. The summed E-state index contributed by atoms with van der Waals surface area (Å²) in [6.07, 6.45) is -2.51. The van der Waals surface area contributed by atoms with Gasteiger partial charge in [-0.05, 0) is 0 Å². The summed E-state index contributed by atoms with van der Waals surface area (Å²) < 4.78 is 35.3. The van der Waals surface area contributed by atoms with Crippen LogP contribution < -0.4 is 16.8 Å². The van der Waals surface area contributed by atoms with Crippen LogP contribution in [0, 0.1) is 0 Å². The number of rotatable bonds is 3. The Bertz CT molecular complexity index is 693. The summed E-state index contributed by atoms with van der Waals surface area (Å²) in [4.78, 5) is 8.94. The van der Waals surface area contributed by atoms with Gasteiger partial charge in [0.1, 0.15) is 17.7 Å². The highest BCUT2D eigenvalue weighted by Gasteiger charge is 2.69. The highest BCUT2D eigenvalue weighted by atomic mass is 32.3. The van der Waals surface area contributed by atoms with Crippen LogP contribution in [0.2, 0.25) is 0 Å². The van der Waals surface area contributed by atoms with Crippen LogP contribution >= 0.6 is 0 Å². The number of nitrogens with one attached hydrogen (secondary N) is 1. The third-order valence-corrected chi connectivity index (χ3v) is 4.44. The fourth-order valence-corrected chi connectivity index (χ4v) is 3.80. The first kappa shape index (κ1) is 16.2. The van der Waals surface area contributed by atoms with E-state index in [0.29, 0.717) is 0 Å². The first-order chi connectivity index (χ1) is 10.5. The van der Waals surface area contributed by atoms with Crippen LogP contribution in [0.15, 0.2) is 9.98 Å². The van der Waals surface area contributed by atoms with Crippen molar-refractivity contribution in [2.75, 3.05) is 6.61 Å². The molecule has 0 amide bonds. The normalized spacial score (nSPS) is 38.4. The number of hydrogen-bond acceptors (Lipinski definition) is 12. The van der Waals surface area contributed by atoms with Crippen LogP contribution in [0.25, 0.3) is 0 Å². The summed E-state index contributed by atoms with van der Waals surface area (Å²) >= 11 is 0. The minimum Gasteiger partial charge on any atom is -0.394 e. The second kappa shape index (κ2) is 4.65. The van der Waals surface area contributed by atoms with Gasteiger partial charge in [0, 0.05) is 0 Å². The van der Waals surface area contributed by atoms with Crippen molar-refractivity contribution in [3.05, 3.63) is 0 Å². The average Bonchev–Trinajstić information content (AvgIpc) is 2.80. The number of nitrogens with two attached hydrogens (primary N) is 2. The second-order valence-electron chi connectivity index (χ2n) is 5.55. The molecule has 13 nitrogen and oxygen atoms in total. The molecule has 3 rings (SSSR count). The molecule has 0 saturated carbocycles. The van der Waals surface area contributed by atoms with Crippen molar-refractivity contribution in [3.63, 3.8) is 0 Å². The summed E-state index contributed by atoms with van der Waals surface area (Å²) in [5.74, 6) is -3.14. The van der Waals surface area contributed by atoms with E-state index in [0.717, 1.165) is 4.90 Å². The largest absolute Gasteiger partial charge is 0.399 e. The zero-order valence-corrected chi connectivity index (χ0v) is 12.4. The van der Waals surface area contributed by atoms with Gasteiger partial charge in [-0.15, -0.1) is 0 Å². The van der Waals surface area contributed by atoms with Gasteiger partial charge in [-0.1, -0.05) is 0 Å². The minimum absolute atomic E-state index is 0.0772. The maximum absolute atomic E-state index is 11.0. The van der Waals surface area contributed by atoms with E-state index in [1.165, 1.54) is 0 Å². The Morgan fingerprint density at radius 1 is 1.39 bits per heavy atom. The number of aliphatic hydroxyl groups excluding tert-OH is 1. The van der Waals surface area contributed by atoms with Gasteiger partial charge in [-0.3, -0.25) is 9.45 Å². The third kappa shape index (κ3) is 2.30. The van der Waals surface area contributed by atoms with Crippen molar-refractivity contribution >= 4 is 22.3 Å². The molecule has 0 unspecified atom stereocenters. The summed E-state index contributed by atoms with van der Waals surface area (Å²) in [6, 6.07) is -1.71. The van der Waals surface area contributed by atoms with Crippen LogP contribution in [0.1, 0.15) is 6.42 Å². The zero-order valence-electron chi connectivity index (χ0n) is 11.6. The predicted octanol–water partition coefficient (Wildman–Crippen LogP) is -4.81. The molecule has 14 heteroatoms.